The van der Waals surface area contributed by atoms with Gasteiger partial charge in [0.25, 0.3) is 11.9 Å². The molecule has 2 atom stereocenters. The number of carbonyl (C=O) groups excluding carboxylic acids is 1. The normalized spacial score (nSPS) is 17.0. The SMILES string of the molecule is COc1ccc(C=CC(=O)Nc2nc3n(n2)C(c2ccccc2)CC(c2ccc(Cl)cc2)N3)cc1. The zero-order chi connectivity index (χ0) is 24.2. The van der Waals surface area contributed by atoms with E-state index in [0.29, 0.717) is 11.0 Å². The molecular formula is C27H24ClN5O2. The fourth-order valence-corrected chi connectivity index (χ4v) is 4.26. The van der Waals surface area contributed by atoms with Gasteiger partial charge in [0.05, 0.1) is 19.2 Å². The predicted molar refractivity (Wildman–Crippen MR) is 138 cm³/mol. The molecule has 1 aliphatic rings. The first-order valence-electron chi connectivity index (χ1n) is 11.3. The smallest absolute Gasteiger partial charge is 0.250 e. The molecule has 3 aromatic carbocycles. The molecule has 0 radical (unpaired) electrons. The van der Waals surface area contributed by atoms with Crippen molar-refractivity contribution in [2.24, 2.45) is 0 Å². The molecular weight excluding hydrogens is 462 g/mol. The highest BCUT2D eigenvalue weighted by molar-refractivity contribution is 6.30. The van der Waals surface area contributed by atoms with Gasteiger partial charge in [-0.05, 0) is 53.5 Å². The average molecular weight is 486 g/mol. The van der Waals surface area contributed by atoms with Crippen LogP contribution in [0.1, 0.15) is 35.2 Å². The Bertz CT molecular complexity index is 1330. The number of hydrogen-bond acceptors (Lipinski definition) is 5. The fraction of sp³-hybridized carbons (Fsp3) is 0.148. The van der Waals surface area contributed by atoms with E-state index >= 15 is 0 Å². The summed E-state index contributed by atoms with van der Waals surface area (Å²) in [6.45, 7) is 0. The number of carbonyl (C=O) groups is 1. The van der Waals surface area contributed by atoms with Crippen molar-refractivity contribution >= 4 is 35.5 Å². The van der Waals surface area contributed by atoms with E-state index in [-0.39, 0.29) is 23.9 Å². The van der Waals surface area contributed by atoms with E-state index < -0.39 is 0 Å². The van der Waals surface area contributed by atoms with Crippen molar-refractivity contribution in [2.75, 3.05) is 17.7 Å². The molecule has 8 heteroatoms. The van der Waals surface area contributed by atoms with Crippen molar-refractivity contribution in [3.8, 4) is 5.75 Å². The van der Waals surface area contributed by atoms with E-state index in [4.69, 9.17) is 16.3 Å². The lowest BCUT2D eigenvalue weighted by Crippen LogP contribution is -2.28. The molecule has 1 aromatic heterocycles. The van der Waals surface area contributed by atoms with Gasteiger partial charge < -0.3 is 10.1 Å². The lowest BCUT2D eigenvalue weighted by atomic mass is 9.93. The van der Waals surface area contributed by atoms with Crippen LogP contribution in [-0.4, -0.2) is 27.8 Å². The molecule has 2 heterocycles. The molecule has 0 fully saturated rings. The Hall–Kier alpha value is -4.10. The first kappa shape index (κ1) is 22.7. The van der Waals surface area contributed by atoms with Gasteiger partial charge in [-0.15, -0.1) is 5.10 Å². The summed E-state index contributed by atoms with van der Waals surface area (Å²) in [6.07, 6.45) is 3.96. The Morgan fingerprint density at radius 2 is 1.80 bits per heavy atom. The molecule has 2 N–H and O–H groups in total. The number of aromatic nitrogens is 3. The maximum absolute atomic E-state index is 12.5. The van der Waals surface area contributed by atoms with Crippen LogP contribution in [0, 0.1) is 0 Å². The molecule has 4 aromatic rings. The summed E-state index contributed by atoms with van der Waals surface area (Å²) in [7, 11) is 1.62. The van der Waals surface area contributed by atoms with Crippen LogP contribution in [0.3, 0.4) is 0 Å². The van der Waals surface area contributed by atoms with Gasteiger partial charge in [0.15, 0.2) is 0 Å². The highest BCUT2D eigenvalue weighted by Gasteiger charge is 2.31. The largest absolute Gasteiger partial charge is 0.497 e. The quantitative estimate of drug-likeness (QED) is 0.340. The number of fused-ring (bicyclic) bond motifs is 1. The van der Waals surface area contributed by atoms with Crippen LogP contribution in [0.2, 0.25) is 5.02 Å². The number of amides is 1. The second kappa shape index (κ2) is 10.0. The minimum absolute atomic E-state index is 0.0210. The third-order valence-corrected chi connectivity index (χ3v) is 6.18. The third kappa shape index (κ3) is 5.20. The van der Waals surface area contributed by atoms with Crippen molar-refractivity contribution in [2.45, 2.75) is 18.5 Å². The Labute approximate surface area is 208 Å². The topological polar surface area (TPSA) is 81.1 Å². The average Bonchev–Trinajstić information content (AvgIpc) is 3.30. The van der Waals surface area contributed by atoms with Crippen LogP contribution in [0.4, 0.5) is 11.9 Å². The molecule has 0 saturated heterocycles. The number of anilines is 2. The van der Waals surface area contributed by atoms with Crippen LogP contribution in [0.15, 0.2) is 84.9 Å². The summed E-state index contributed by atoms with van der Waals surface area (Å²) >= 11 is 6.09. The molecule has 0 saturated carbocycles. The van der Waals surface area contributed by atoms with Crippen molar-refractivity contribution in [3.63, 3.8) is 0 Å². The molecule has 0 aliphatic carbocycles. The second-order valence-electron chi connectivity index (χ2n) is 8.21. The van der Waals surface area contributed by atoms with Crippen molar-refractivity contribution in [3.05, 3.63) is 107 Å². The van der Waals surface area contributed by atoms with Gasteiger partial charge >= 0.3 is 0 Å². The summed E-state index contributed by atoms with van der Waals surface area (Å²) in [5.41, 5.74) is 3.11. The van der Waals surface area contributed by atoms with Gasteiger partial charge in [-0.3, -0.25) is 10.1 Å². The number of hydrogen-bond donors (Lipinski definition) is 2. The number of nitrogens with zero attached hydrogens (tertiary/aromatic N) is 3. The van der Waals surface area contributed by atoms with E-state index in [2.05, 4.69) is 32.8 Å². The van der Waals surface area contributed by atoms with E-state index in [1.54, 1.807) is 13.2 Å². The van der Waals surface area contributed by atoms with Crippen LogP contribution >= 0.6 is 11.6 Å². The minimum atomic E-state index is -0.311. The van der Waals surface area contributed by atoms with E-state index in [0.717, 1.165) is 28.9 Å². The molecule has 1 amide bonds. The van der Waals surface area contributed by atoms with Crippen molar-refractivity contribution in [1.82, 2.24) is 14.8 Å². The van der Waals surface area contributed by atoms with Gasteiger partial charge in [-0.1, -0.05) is 66.2 Å². The standard InChI is InChI=1S/C27H24ClN5O2/c1-35-22-14-7-18(8-15-22)9-16-25(34)30-26-31-27-29-23(19-10-12-21(28)13-11-19)17-24(33(27)32-26)20-5-3-2-4-6-20/h2-16,23-24H,17H2,1H3,(H2,29,30,31,32,34). The minimum Gasteiger partial charge on any atom is -0.497 e. The molecule has 176 valence electrons. The summed E-state index contributed by atoms with van der Waals surface area (Å²) < 4.78 is 7.00. The van der Waals surface area contributed by atoms with Crippen LogP contribution in [0.25, 0.3) is 6.08 Å². The third-order valence-electron chi connectivity index (χ3n) is 5.92. The Morgan fingerprint density at radius 1 is 1.06 bits per heavy atom. The maximum Gasteiger partial charge on any atom is 0.250 e. The molecule has 0 spiro atoms. The van der Waals surface area contributed by atoms with Crippen molar-refractivity contribution < 1.29 is 9.53 Å². The first-order valence-corrected chi connectivity index (χ1v) is 11.6. The van der Waals surface area contributed by atoms with Crippen LogP contribution in [-0.2, 0) is 4.79 Å². The molecule has 7 nitrogen and oxygen atoms in total. The highest BCUT2D eigenvalue weighted by Crippen LogP contribution is 2.38. The summed E-state index contributed by atoms with van der Waals surface area (Å²) in [4.78, 5) is 17.1. The lowest BCUT2D eigenvalue weighted by molar-refractivity contribution is -0.111. The molecule has 0 bridgehead atoms. The Morgan fingerprint density at radius 3 is 2.51 bits per heavy atom. The van der Waals surface area contributed by atoms with E-state index in [1.165, 1.54) is 6.08 Å². The summed E-state index contributed by atoms with van der Waals surface area (Å²) in [5.74, 6) is 1.29. The highest BCUT2D eigenvalue weighted by atomic mass is 35.5. The number of nitrogens with one attached hydrogen (secondary N) is 2. The van der Waals surface area contributed by atoms with Crippen molar-refractivity contribution in [1.29, 1.82) is 0 Å². The van der Waals surface area contributed by atoms with Gasteiger partial charge in [0.2, 0.25) is 5.95 Å². The Kier molecular flexibility index (Phi) is 6.50. The van der Waals surface area contributed by atoms with E-state index in [1.807, 2.05) is 71.4 Å². The fourth-order valence-electron chi connectivity index (χ4n) is 4.14. The number of benzene rings is 3. The number of ether oxygens (including phenoxy) is 1. The number of halogens is 1. The van der Waals surface area contributed by atoms with Gasteiger partial charge in [0, 0.05) is 11.1 Å². The Balaban J connectivity index is 1.37. The zero-order valence-electron chi connectivity index (χ0n) is 19.1. The predicted octanol–water partition coefficient (Wildman–Crippen LogP) is 5.74. The van der Waals surface area contributed by atoms with Crippen LogP contribution in [0.5, 0.6) is 5.75 Å². The molecule has 1 aliphatic heterocycles. The second-order valence-corrected chi connectivity index (χ2v) is 8.65. The number of rotatable bonds is 6. The number of methoxy groups -OCH3 is 1. The zero-order valence-corrected chi connectivity index (χ0v) is 19.8. The lowest BCUT2D eigenvalue weighted by Gasteiger charge is -2.31. The van der Waals surface area contributed by atoms with Gasteiger partial charge in [0.1, 0.15) is 5.75 Å². The van der Waals surface area contributed by atoms with Gasteiger partial charge in [-0.25, -0.2) is 4.68 Å². The first-order chi connectivity index (χ1) is 17.1. The van der Waals surface area contributed by atoms with Crippen LogP contribution < -0.4 is 15.4 Å². The van der Waals surface area contributed by atoms with E-state index in [9.17, 15) is 4.79 Å². The van der Waals surface area contributed by atoms with Gasteiger partial charge in [-0.2, -0.15) is 4.98 Å². The summed E-state index contributed by atoms with van der Waals surface area (Å²) in [5, 5.41) is 11.5. The molecule has 5 rings (SSSR count). The molecule has 2 unspecified atom stereocenters. The summed E-state index contributed by atoms with van der Waals surface area (Å²) in [6, 6.07) is 25.4. The molecule has 35 heavy (non-hydrogen) atoms. The monoisotopic (exact) mass is 485 g/mol. The maximum atomic E-state index is 12.5.